The summed E-state index contributed by atoms with van der Waals surface area (Å²) in [7, 11) is 0. The molecule has 1 heteroatoms. The van der Waals surface area contributed by atoms with Gasteiger partial charge in [0.1, 0.15) is 0 Å². The first-order valence-electron chi connectivity index (χ1n) is 8.79. The first-order chi connectivity index (χ1) is 12.8. The number of allylic oxidation sites excluding steroid dienone is 1. The average molecular weight is 337 g/mol. The second kappa shape index (κ2) is 8.26. The molecule has 0 atom stereocenters. The van der Waals surface area contributed by atoms with Crippen LogP contribution in [0.3, 0.4) is 0 Å². The fourth-order valence-electron chi connectivity index (χ4n) is 3.20. The lowest BCUT2D eigenvalue weighted by molar-refractivity contribution is 1.19. The predicted octanol–water partition coefficient (Wildman–Crippen LogP) is 6.95. The van der Waals surface area contributed by atoms with Gasteiger partial charge in [-0.3, -0.25) is 4.99 Å². The van der Waals surface area contributed by atoms with Crippen molar-refractivity contribution in [3.8, 4) is 11.1 Å². The summed E-state index contributed by atoms with van der Waals surface area (Å²) < 4.78 is 0. The molecule has 26 heavy (non-hydrogen) atoms. The van der Waals surface area contributed by atoms with Gasteiger partial charge in [-0.1, -0.05) is 85.5 Å². The van der Waals surface area contributed by atoms with Gasteiger partial charge in [-0.25, -0.2) is 0 Å². The Kier molecular flexibility index (Phi) is 5.60. The van der Waals surface area contributed by atoms with Crippen LogP contribution >= 0.6 is 0 Å². The van der Waals surface area contributed by atoms with Crippen LogP contribution in [0.25, 0.3) is 23.3 Å². The molecule has 0 aliphatic heterocycles. The number of nitrogens with zero attached hydrogens (tertiary/aromatic N) is 1. The Balaban J connectivity index is 1.93. The summed E-state index contributed by atoms with van der Waals surface area (Å²) >= 11 is 0. The van der Waals surface area contributed by atoms with E-state index < -0.39 is 0 Å². The van der Waals surface area contributed by atoms with Crippen molar-refractivity contribution < 1.29 is 0 Å². The fraction of sp³-hybridized carbons (Fsp3) is 0.0800. The smallest absolute Gasteiger partial charge is 0.0657 e. The Morgan fingerprint density at radius 3 is 2.38 bits per heavy atom. The van der Waals surface area contributed by atoms with E-state index in [1.807, 2.05) is 31.2 Å². The SMILES string of the molecule is C=Cc1cccc(-c2ccc(Cc3ccccc3N=C)cc2)c1/C=C\C. The predicted molar refractivity (Wildman–Crippen MR) is 115 cm³/mol. The molecule has 0 fully saturated rings. The van der Waals surface area contributed by atoms with Crippen LogP contribution in [0.1, 0.15) is 29.2 Å². The molecule has 0 saturated carbocycles. The maximum atomic E-state index is 4.12. The lowest BCUT2D eigenvalue weighted by atomic mass is 9.93. The number of rotatable bonds is 6. The molecule has 0 aliphatic carbocycles. The minimum atomic E-state index is 0.851. The summed E-state index contributed by atoms with van der Waals surface area (Å²) in [5.74, 6) is 0. The van der Waals surface area contributed by atoms with E-state index in [4.69, 9.17) is 0 Å². The number of hydrogen-bond acceptors (Lipinski definition) is 1. The average Bonchev–Trinajstić information content (AvgIpc) is 2.69. The third kappa shape index (κ3) is 3.73. The zero-order valence-electron chi connectivity index (χ0n) is 15.2. The van der Waals surface area contributed by atoms with E-state index in [1.54, 1.807) is 0 Å². The largest absolute Gasteiger partial charge is 0.264 e. The van der Waals surface area contributed by atoms with Gasteiger partial charge in [0.2, 0.25) is 0 Å². The standard InChI is InChI=1S/C25H23N/c1-4-9-23-20(5-2)11-8-12-24(23)21-16-14-19(15-17-21)18-22-10-6-7-13-25(22)26-3/h4-17H,2-3,18H2,1H3/b9-4-. The van der Waals surface area contributed by atoms with Crippen molar-refractivity contribution in [1.29, 1.82) is 0 Å². The Hall–Kier alpha value is -3.19. The molecule has 0 spiro atoms. The van der Waals surface area contributed by atoms with E-state index in [2.05, 4.69) is 79.0 Å². The van der Waals surface area contributed by atoms with Gasteiger partial charge in [0.15, 0.2) is 0 Å². The summed E-state index contributed by atoms with van der Waals surface area (Å²) in [6, 6.07) is 23.2. The van der Waals surface area contributed by atoms with Crippen molar-refractivity contribution >= 4 is 24.6 Å². The zero-order valence-corrected chi connectivity index (χ0v) is 15.2. The molecule has 0 heterocycles. The Morgan fingerprint density at radius 2 is 1.69 bits per heavy atom. The van der Waals surface area contributed by atoms with E-state index in [9.17, 15) is 0 Å². The highest BCUT2D eigenvalue weighted by Gasteiger charge is 2.07. The molecule has 0 radical (unpaired) electrons. The summed E-state index contributed by atoms with van der Waals surface area (Å²) in [5, 5.41) is 0. The second-order valence-corrected chi connectivity index (χ2v) is 6.17. The van der Waals surface area contributed by atoms with Gasteiger partial charge in [0.05, 0.1) is 5.69 Å². The molecule has 1 nitrogen and oxygen atoms in total. The second-order valence-electron chi connectivity index (χ2n) is 6.17. The van der Waals surface area contributed by atoms with Crippen LogP contribution in [-0.4, -0.2) is 6.72 Å². The lowest BCUT2D eigenvalue weighted by Gasteiger charge is -2.11. The van der Waals surface area contributed by atoms with Gasteiger partial charge in [-0.15, -0.1) is 0 Å². The monoisotopic (exact) mass is 337 g/mol. The van der Waals surface area contributed by atoms with Gasteiger partial charge < -0.3 is 0 Å². The maximum absolute atomic E-state index is 4.12. The number of aliphatic imine (C=N–C) groups is 1. The van der Waals surface area contributed by atoms with E-state index in [-0.39, 0.29) is 0 Å². The van der Waals surface area contributed by atoms with Crippen molar-refractivity contribution in [2.24, 2.45) is 4.99 Å². The summed E-state index contributed by atoms with van der Waals surface area (Å²) in [4.78, 5) is 4.12. The van der Waals surface area contributed by atoms with Crippen LogP contribution in [0.15, 0.2) is 84.4 Å². The fourth-order valence-corrected chi connectivity index (χ4v) is 3.20. The number of hydrogen-bond donors (Lipinski definition) is 0. The highest BCUT2D eigenvalue weighted by atomic mass is 14.7. The molecule has 0 aliphatic rings. The molecule has 0 aromatic heterocycles. The van der Waals surface area contributed by atoms with E-state index in [1.165, 1.54) is 27.8 Å². The van der Waals surface area contributed by atoms with Gasteiger partial charge in [0, 0.05) is 0 Å². The van der Waals surface area contributed by atoms with Gasteiger partial charge in [-0.05, 0) is 59.5 Å². The molecule has 3 rings (SSSR count). The molecule has 0 saturated heterocycles. The van der Waals surface area contributed by atoms with Crippen LogP contribution in [0.4, 0.5) is 5.69 Å². The third-order valence-electron chi connectivity index (χ3n) is 4.51. The Bertz CT molecular complexity index is 946. The van der Waals surface area contributed by atoms with Crippen LogP contribution < -0.4 is 0 Å². The lowest BCUT2D eigenvalue weighted by Crippen LogP contribution is -1.91. The van der Waals surface area contributed by atoms with Crippen LogP contribution in [0, 0.1) is 0 Å². The maximum Gasteiger partial charge on any atom is 0.0657 e. The molecule has 0 N–H and O–H groups in total. The van der Waals surface area contributed by atoms with Gasteiger partial charge in [-0.2, -0.15) is 0 Å². The first kappa shape index (κ1) is 17.6. The van der Waals surface area contributed by atoms with Gasteiger partial charge >= 0.3 is 0 Å². The minimum Gasteiger partial charge on any atom is -0.264 e. The number of para-hydroxylation sites is 1. The minimum absolute atomic E-state index is 0.851. The first-order valence-corrected chi connectivity index (χ1v) is 8.79. The topological polar surface area (TPSA) is 12.4 Å². The number of benzene rings is 3. The molecular formula is C25H23N. The molecule has 128 valence electrons. The molecule has 0 amide bonds. The molecule has 3 aromatic carbocycles. The zero-order chi connectivity index (χ0) is 18.4. The van der Waals surface area contributed by atoms with Crippen molar-refractivity contribution in [1.82, 2.24) is 0 Å². The quantitative estimate of drug-likeness (QED) is 0.431. The summed E-state index contributed by atoms with van der Waals surface area (Å²) in [6.45, 7) is 9.64. The molecular weight excluding hydrogens is 314 g/mol. The van der Waals surface area contributed by atoms with Gasteiger partial charge in [0.25, 0.3) is 0 Å². The third-order valence-corrected chi connectivity index (χ3v) is 4.51. The normalized spacial score (nSPS) is 10.8. The van der Waals surface area contributed by atoms with Crippen LogP contribution in [0.2, 0.25) is 0 Å². The molecule has 0 bridgehead atoms. The Morgan fingerprint density at radius 1 is 0.923 bits per heavy atom. The van der Waals surface area contributed by atoms with Crippen molar-refractivity contribution in [3.05, 3.63) is 102 Å². The van der Waals surface area contributed by atoms with E-state index in [0.29, 0.717) is 0 Å². The summed E-state index contributed by atoms with van der Waals surface area (Å²) in [6.07, 6.45) is 6.97. The molecule has 3 aromatic rings. The van der Waals surface area contributed by atoms with Crippen molar-refractivity contribution in [2.45, 2.75) is 13.3 Å². The highest BCUT2D eigenvalue weighted by molar-refractivity contribution is 5.80. The van der Waals surface area contributed by atoms with E-state index in [0.717, 1.165) is 17.7 Å². The van der Waals surface area contributed by atoms with Crippen molar-refractivity contribution in [2.75, 3.05) is 0 Å². The molecule has 0 unspecified atom stereocenters. The van der Waals surface area contributed by atoms with Crippen molar-refractivity contribution in [3.63, 3.8) is 0 Å². The Labute approximate surface area is 156 Å². The van der Waals surface area contributed by atoms with Crippen LogP contribution in [0.5, 0.6) is 0 Å². The van der Waals surface area contributed by atoms with Crippen LogP contribution in [-0.2, 0) is 6.42 Å². The van der Waals surface area contributed by atoms with E-state index >= 15 is 0 Å². The highest BCUT2D eigenvalue weighted by Crippen LogP contribution is 2.29. The summed E-state index contributed by atoms with van der Waals surface area (Å²) in [5.41, 5.74) is 8.19.